The zero-order valence-corrected chi connectivity index (χ0v) is 22.1. The summed E-state index contributed by atoms with van der Waals surface area (Å²) in [5.41, 5.74) is 4.16. The fourth-order valence-electron chi connectivity index (χ4n) is 4.47. The molecule has 1 heterocycles. The molecule has 1 aliphatic rings. The molecule has 3 amide bonds. The van der Waals surface area contributed by atoms with E-state index in [9.17, 15) is 14.4 Å². The van der Waals surface area contributed by atoms with E-state index < -0.39 is 18.2 Å². The number of carbonyl (C=O) groups excluding carboxylic acids is 3. The molecule has 7 nitrogen and oxygen atoms in total. The highest BCUT2D eigenvalue weighted by molar-refractivity contribution is 5.92. The summed E-state index contributed by atoms with van der Waals surface area (Å²) in [5, 5.41) is 5.91. The molecular formula is C31H35N3O4. The number of ether oxygens (including phenoxy) is 1. The van der Waals surface area contributed by atoms with Gasteiger partial charge in [-0.1, -0.05) is 86.1 Å². The summed E-state index contributed by atoms with van der Waals surface area (Å²) in [6, 6.07) is 23.7. The first kappa shape index (κ1) is 26.9. The van der Waals surface area contributed by atoms with Crippen molar-refractivity contribution in [3.05, 3.63) is 101 Å². The van der Waals surface area contributed by atoms with Gasteiger partial charge in [-0.25, -0.2) is 4.79 Å². The third kappa shape index (κ3) is 7.00. The number of anilines is 1. The van der Waals surface area contributed by atoms with Crippen LogP contribution in [0, 0.1) is 12.8 Å². The van der Waals surface area contributed by atoms with Gasteiger partial charge >= 0.3 is 6.09 Å². The minimum Gasteiger partial charge on any atom is -0.438 e. The normalized spacial score (nSPS) is 16.8. The second kappa shape index (κ2) is 12.4. The summed E-state index contributed by atoms with van der Waals surface area (Å²) in [4.78, 5) is 40.6. The predicted molar refractivity (Wildman–Crippen MR) is 147 cm³/mol. The van der Waals surface area contributed by atoms with Crippen LogP contribution in [-0.2, 0) is 27.3 Å². The Labute approximate surface area is 224 Å². The first-order valence-electron chi connectivity index (χ1n) is 13.0. The molecule has 0 aromatic heterocycles. The van der Waals surface area contributed by atoms with Gasteiger partial charge < -0.3 is 15.4 Å². The van der Waals surface area contributed by atoms with Crippen LogP contribution in [0.25, 0.3) is 0 Å². The first-order valence-corrected chi connectivity index (χ1v) is 13.0. The van der Waals surface area contributed by atoms with Crippen LogP contribution in [0.15, 0.2) is 78.9 Å². The molecule has 2 N–H and O–H groups in total. The summed E-state index contributed by atoms with van der Waals surface area (Å²) in [7, 11) is 0. The van der Waals surface area contributed by atoms with Gasteiger partial charge in [0, 0.05) is 12.2 Å². The smallest absolute Gasteiger partial charge is 0.411 e. The van der Waals surface area contributed by atoms with Crippen LogP contribution >= 0.6 is 0 Å². The molecule has 0 unspecified atom stereocenters. The van der Waals surface area contributed by atoms with Crippen molar-refractivity contribution in [1.29, 1.82) is 0 Å². The van der Waals surface area contributed by atoms with Crippen LogP contribution < -0.4 is 10.6 Å². The molecule has 3 aromatic carbocycles. The summed E-state index contributed by atoms with van der Waals surface area (Å²) in [6.07, 6.45) is -0.274. The Kier molecular flexibility index (Phi) is 8.79. The highest BCUT2D eigenvalue weighted by atomic mass is 16.6. The Morgan fingerprint density at radius 1 is 0.947 bits per heavy atom. The highest BCUT2D eigenvalue weighted by Gasteiger charge is 2.47. The van der Waals surface area contributed by atoms with Gasteiger partial charge in [0.2, 0.25) is 11.8 Å². The molecule has 4 rings (SSSR count). The second-order valence-electron chi connectivity index (χ2n) is 10.2. The van der Waals surface area contributed by atoms with E-state index in [2.05, 4.69) is 24.5 Å². The Morgan fingerprint density at radius 2 is 1.68 bits per heavy atom. The van der Waals surface area contributed by atoms with E-state index in [1.54, 1.807) is 18.2 Å². The van der Waals surface area contributed by atoms with Crippen molar-refractivity contribution in [2.45, 2.75) is 52.3 Å². The Morgan fingerprint density at radius 3 is 2.39 bits per heavy atom. The molecule has 38 heavy (non-hydrogen) atoms. The van der Waals surface area contributed by atoms with Crippen molar-refractivity contribution in [2.75, 3.05) is 11.9 Å². The summed E-state index contributed by atoms with van der Waals surface area (Å²) in [5.74, 6) is 0.0280. The third-order valence-corrected chi connectivity index (χ3v) is 6.55. The van der Waals surface area contributed by atoms with Gasteiger partial charge in [-0.2, -0.15) is 0 Å². The lowest BCUT2D eigenvalue weighted by molar-refractivity contribution is -0.126. The molecule has 7 heteroatoms. The highest BCUT2D eigenvalue weighted by Crippen LogP contribution is 2.35. The van der Waals surface area contributed by atoms with Gasteiger partial charge in [0.15, 0.2) is 12.1 Å². The maximum Gasteiger partial charge on any atom is 0.411 e. The fourth-order valence-corrected chi connectivity index (χ4v) is 4.47. The van der Waals surface area contributed by atoms with Gasteiger partial charge in [0.25, 0.3) is 0 Å². The minimum atomic E-state index is -0.841. The number of aryl methyl sites for hydroxylation is 1. The van der Waals surface area contributed by atoms with E-state index in [0.29, 0.717) is 23.7 Å². The van der Waals surface area contributed by atoms with Crippen molar-refractivity contribution in [3.63, 3.8) is 0 Å². The van der Waals surface area contributed by atoms with Gasteiger partial charge in [-0.05, 0) is 48.1 Å². The van der Waals surface area contributed by atoms with Crippen molar-refractivity contribution < 1.29 is 19.1 Å². The standard InChI is InChI=1S/C31H35N3O4/c1-21(2)16-17-32-30(36)28-29(38-31(37)34(28)20-24-14-12-22(3)13-15-24)25-10-7-11-26(19-25)33-27(35)18-23-8-5-4-6-9-23/h4-15,19,21,28-29H,16-18,20H2,1-3H3,(H,32,36)(H,33,35)/t28-,29-/m1/s1. The number of carbonyl (C=O) groups is 3. The van der Waals surface area contributed by atoms with E-state index in [-0.39, 0.29) is 24.8 Å². The maximum absolute atomic E-state index is 13.4. The van der Waals surface area contributed by atoms with Gasteiger partial charge in [-0.3, -0.25) is 14.5 Å². The average molecular weight is 514 g/mol. The Hall–Kier alpha value is -4.13. The lowest BCUT2D eigenvalue weighted by Crippen LogP contribution is -2.46. The predicted octanol–water partition coefficient (Wildman–Crippen LogP) is 5.40. The largest absolute Gasteiger partial charge is 0.438 e. The minimum absolute atomic E-state index is 0.152. The van der Waals surface area contributed by atoms with E-state index in [1.165, 1.54) is 4.90 Å². The molecule has 1 saturated heterocycles. The topological polar surface area (TPSA) is 87.7 Å². The molecule has 198 valence electrons. The molecule has 0 spiro atoms. The molecule has 0 radical (unpaired) electrons. The zero-order chi connectivity index (χ0) is 27.1. The number of hydrogen-bond donors (Lipinski definition) is 2. The SMILES string of the molecule is Cc1ccc(CN2C(=O)O[C@H](c3cccc(NC(=O)Cc4ccccc4)c3)[C@@H]2C(=O)NCCC(C)C)cc1. The fraction of sp³-hybridized carbons (Fsp3) is 0.323. The molecule has 2 atom stereocenters. The monoisotopic (exact) mass is 513 g/mol. The molecule has 1 aliphatic heterocycles. The average Bonchev–Trinajstić information content (AvgIpc) is 3.21. The number of amides is 3. The van der Waals surface area contributed by atoms with Gasteiger partial charge in [0.1, 0.15) is 0 Å². The van der Waals surface area contributed by atoms with Crippen LogP contribution in [0.1, 0.15) is 48.6 Å². The van der Waals surface area contributed by atoms with Crippen molar-refractivity contribution in [2.24, 2.45) is 5.92 Å². The number of rotatable bonds is 10. The maximum atomic E-state index is 13.4. The Balaban J connectivity index is 1.55. The van der Waals surface area contributed by atoms with E-state index >= 15 is 0 Å². The quantitative estimate of drug-likeness (QED) is 0.380. The van der Waals surface area contributed by atoms with Crippen LogP contribution in [0.4, 0.5) is 10.5 Å². The van der Waals surface area contributed by atoms with E-state index in [4.69, 9.17) is 4.74 Å². The first-order chi connectivity index (χ1) is 18.3. The lowest BCUT2D eigenvalue weighted by Gasteiger charge is -2.24. The number of benzene rings is 3. The summed E-state index contributed by atoms with van der Waals surface area (Å²) in [6.45, 7) is 6.96. The summed E-state index contributed by atoms with van der Waals surface area (Å²) >= 11 is 0. The summed E-state index contributed by atoms with van der Waals surface area (Å²) < 4.78 is 5.79. The van der Waals surface area contributed by atoms with Crippen molar-refractivity contribution >= 4 is 23.6 Å². The van der Waals surface area contributed by atoms with Crippen molar-refractivity contribution in [3.8, 4) is 0 Å². The van der Waals surface area contributed by atoms with Crippen LogP contribution in [-0.4, -0.2) is 35.4 Å². The van der Waals surface area contributed by atoms with Gasteiger partial charge in [0.05, 0.1) is 13.0 Å². The molecule has 1 fully saturated rings. The number of hydrogen-bond acceptors (Lipinski definition) is 4. The number of cyclic esters (lactones) is 1. The van der Waals surface area contributed by atoms with Crippen LogP contribution in [0.3, 0.4) is 0 Å². The number of nitrogens with zero attached hydrogens (tertiary/aromatic N) is 1. The second-order valence-corrected chi connectivity index (χ2v) is 10.2. The molecule has 0 saturated carbocycles. The molecular weight excluding hydrogens is 478 g/mol. The third-order valence-electron chi connectivity index (χ3n) is 6.55. The van der Waals surface area contributed by atoms with Crippen LogP contribution in [0.2, 0.25) is 0 Å². The van der Waals surface area contributed by atoms with Gasteiger partial charge in [-0.15, -0.1) is 0 Å². The van der Waals surface area contributed by atoms with Crippen molar-refractivity contribution in [1.82, 2.24) is 10.2 Å². The molecule has 0 bridgehead atoms. The zero-order valence-electron chi connectivity index (χ0n) is 22.1. The number of nitrogens with one attached hydrogen (secondary N) is 2. The van der Waals surface area contributed by atoms with E-state index in [0.717, 1.165) is 23.1 Å². The van der Waals surface area contributed by atoms with E-state index in [1.807, 2.05) is 67.6 Å². The molecule has 0 aliphatic carbocycles. The lowest BCUT2D eigenvalue weighted by atomic mass is 9.99. The molecule has 3 aromatic rings. The van der Waals surface area contributed by atoms with Crippen LogP contribution in [0.5, 0.6) is 0 Å². The Bertz CT molecular complexity index is 1260.